The van der Waals surface area contributed by atoms with Gasteiger partial charge in [-0.05, 0) is 43.2 Å². The molecule has 4 heteroatoms. The summed E-state index contributed by atoms with van der Waals surface area (Å²) in [6, 6.07) is 2.23. The van der Waals surface area contributed by atoms with Gasteiger partial charge < -0.3 is 5.32 Å². The second-order valence-corrected chi connectivity index (χ2v) is 6.65. The number of hydrogen-bond donors (Lipinski definition) is 1. The van der Waals surface area contributed by atoms with Crippen molar-refractivity contribution in [2.75, 3.05) is 13.1 Å². The number of aromatic nitrogens is 1. The third kappa shape index (κ3) is 3.11. The van der Waals surface area contributed by atoms with Gasteiger partial charge >= 0.3 is 0 Å². The second-order valence-electron chi connectivity index (χ2n) is 6.65. The van der Waals surface area contributed by atoms with E-state index in [0.717, 1.165) is 44.0 Å². The molecule has 0 amide bonds. The van der Waals surface area contributed by atoms with Gasteiger partial charge in [0.25, 0.3) is 0 Å². The molecule has 1 aliphatic heterocycles. The molecule has 0 radical (unpaired) electrons. The minimum absolute atomic E-state index is 0.192. The van der Waals surface area contributed by atoms with Gasteiger partial charge in [0, 0.05) is 37.4 Å². The summed E-state index contributed by atoms with van der Waals surface area (Å²) in [4.78, 5) is 6.57. The van der Waals surface area contributed by atoms with Crippen molar-refractivity contribution in [3.8, 4) is 0 Å². The van der Waals surface area contributed by atoms with E-state index in [1.165, 1.54) is 19.0 Å². The molecule has 1 aliphatic carbocycles. The van der Waals surface area contributed by atoms with Crippen molar-refractivity contribution in [1.29, 1.82) is 0 Å². The van der Waals surface area contributed by atoms with Crippen molar-refractivity contribution in [3.05, 3.63) is 29.8 Å². The molecule has 116 valence electrons. The fourth-order valence-electron chi connectivity index (χ4n) is 3.69. The number of nitrogens with zero attached hydrogens (tertiary/aromatic N) is 2. The minimum atomic E-state index is -0.236. The second kappa shape index (κ2) is 6.01. The lowest BCUT2D eigenvalue weighted by molar-refractivity contribution is 0.0201. The maximum Gasteiger partial charge on any atom is 0.141 e. The highest BCUT2D eigenvalue weighted by Gasteiger charge is 2.43. The first-order chi connectivity index (χ1) is 10.2. The summed E-state index contributed by atoms with van der Waals surface area (Å²) >= 11 is 0. The first-order valence-corrected chi connectivity index (χ1v) is 8.24. The van der Waals surface area contributed by atoms with Gasteiger partial charge in [0.2, 0.25) is 0 Å². The monoisotopic (exact) mass is 291 g/mol. The summed E-state index contributed by atoms with van der Waals surface area (Å²) in [5, 5.41) is 3.77. The van der Waals surface area contributed by atoms with Gasteiger partial charge in [-0.25, -0.2) is 4.39 Å². The largest absolute Gasteiger partial charge is 0.311 e. The van der Waals surface area contributed by atoms with Crippen LogP contribution >= 0.6 is 0 Å². The summed E-state index contributed by atoms with van der Waals surface area (Å²) in [6.45, 7) is 7.45. The number of pyridine rings is 1. The third-order valence-electron chi connectivity index (χ3n) is 5.42. The quantitative estimate of drug-likeness (QED) is 0.904. The van der Waals surface area contributed by atoms with Gasteiger partial charge in [0.15, 0.2) is 0 Å². The molecular formula is C17H26FN3. The summed E-state index contributed by atoms with van der Waals surface area (Å²) in [6.07, 6.45) is 8.04. The molecule has 2 aliphatic rings. The average molecular weight is 291 g/mol. The lowest BCUT2D eigenvalue weighted by atomic mass is 9.86. The van der Waals surface area contributed by atoms with E-state index in [1.807, 2.05) is 0 Å². The maximum atomic E-state index is 13.4. The molecule has 1 N–H and O–H groups in total. The highest BCUT2D eigenvalue weighted by atomic mass is 19.1. The average Bonchev–Trinajstić information content (AvgIpc) is 3.32. The minimum Gasteiger partial charge on any atom is -0.311 e. The van der Waals surface area contributed by atoms with Crippen molar-refractivity contribution in [2.24, 2.45) is 5.92 Å². The van der Waals surface area contributed by atoms with Crippen LogP contribution in [0, 0.1) is 11.7 Å². The summed E-state index contributed by atoms with van der Waals surface area (Å²) in [5.41, 5.74) is 1.18. The third-order valence-corrected chi connectivity index (χ3v) is 5.42. The summed E-state index contributed by atoms with van der Waals surface area (Å²) < 4.78 is 13.4. The van der Waals surface area contributed by atoms with Crippen LogP contribution in [0.2, 0.25) is 0 Å². The molecule has 2 fully saturated rings. The summed E-state index contributed by atoms with van der Waals surface area (Å²) in [7, 11) is 0. The van der Waals surface area contributed by atoms with E-state index in [2.05, 4.69) is 29.0 Å². The van der Waals surface area contributed by atoms with E-state index in [9.17, 15) is 4.39 Å². The molecule has 0 bridgehead atoms. The Hall–Kier alpha value is -1.00. The molecule has 1 atom stereocenters. The molecular weight excluding hydrogens is 265 g/mol. The molecule has 1 aromatic heterocycles. The highest BCUT2D eigenvalue weighted by Crippen LogP contribution is 2.37. The Morgan fingerprint density at radius 3 is 2.71 bits per heavy atom. The van der Waals surface area contributed by atoms with Crippen molar-refractivity contribution < 1.29 is 4.39 Å². The van der Waals surface area contributed by atoms with Gasteiger partial charge in [-0.3, -0.25) is 9.88 Å². The standard InChI is InChI=1S/C17H26FN3/c1-3-17(4-2)12-20-16(14-5-6-14)11-21(17)10-13-7-15(18)9-19-8-13/h7-9,14,16,20H,3-6,10-12H2,1-2H3. The van der Waals surface area contributed by atoms with Crippen LogP contribution in [0.15, 0.2) is 18.5 Å². The summed E-state index contributed by atoms with van der Waals surface area (Å²) in [5.74, 6) is 0.616. The molecule has 3 nitrogen and oxygen atoms in total. The number of piperazine rings is 1. The Kier molecular flexibility index (Phi) is 4.27. The Bertz CT molecular complexity index is 483. The zero-order chi connectivity index (χ0) is 14.9. The van der Waals surface area contributed by atoms with Gasteiger partial charge in [0.05, 0.1) is 6.20 Å². The molecule has 1 saturated carbocycles. The molecule has 1 saturated heterocycles. The lowest BCUT2D eigenvalue weighted by Gasteiger charge is -2.50. The van der Waals surface area contributed by atoms with E-state index in [0.29, 0.717) is 6.04 Å². The maximum absolute atomic E-state index is 13.4. The number of halogens is 1. The van der Waals surface area contributed by atoms with E-state index < -0.39 is 0 Å². The fourth-order valence-corrected chi connectivity index (χ4v) is 3.69. The highest BCUT2D eigenvalue weighted by molar-refractivity contribution is 5.12. The van der Waals surface area contributed by atoms with E-state index in [1.54, 1.807) is 12.3 Å². The number of hydrogen-bond acceptors (Lipinski definition) is 3. The molecule has 1 aromatic rings. The zero-order valence-electron chi connectivity index (χ0n) is 13.1. The van der Waals surface area contributed by atoms with Crippen LogP contribution in [0.5, 0.6) is 0 Å². The molecule has 0 aromatic carbocycles. The van der Waals surface area contributed by atoms with Crippen LogP contribution in [0.3, 0.4) is 0 Å². The van der Waals surface area contributed by atoms with Crippen LogP contribution in [-0.4, -0.2) is 34.6 Å². The number of rotatable bonds is 5. The van der Waals surface area contributed by atoms with Crippen molar-refractivity contribution in [2.45, 2.75) is 57.7 Å². The van der Waals surface area contributed by atoms with E-state index in [4.69, 9.17) is 0 Å². The fraction of sp³-hybridized carbons (Fsp3) is 0.706. The van der Waals surface area contributed by atoms with Gasteiger partial charge in [-0.1, -0.05) is 13.8 Å². The molecule has 21 heavy (non-hydrogen) atoms. The Labute approximate surface area is 126 Å². The molecule has 2 heterocycles. The van der Waals surface area contributed by atoms with E-state index in [-0.39, 0.29) is 11.4 Å². The van der Waals surface area contributed by atoms with Gasteiger partial charge in [-0.2, -0.15) is 0 Å². The van der Waals surface area contributed by atoms with Gasteiger partial charge in [-0.15, -0.1) is 0 Å². The topological polar surface area (TPSA) is 28.2 Å². The van der Waals surface area contributed by atoms with E-state index >= 15 is 0 Å². The predicted molar refractivity (Wildman–Crippen MR) is 82.4 cm³/mol. The zero-order valence-corrected chi connectivity index (χ0v) is 13.1. The van der Waals surface area contributed by atoms with Crippen LogP contribution in [0.25, 0.3) is 0 Å². The predicted octanol–water partition coefficient (Wildman–Crippen LogP) is 2.96. The first-order valence-electron chi connectivity index (χ1n) is 8.24. The van der Waals surface area contributed by atoms with Crippen LogP contribution < -0.4 is 5.32 Å². The van der Waals surface area contributed by atoms with Gasteiger partial charge in [0.1, 0.15) is 5.82 Å². The Balaban J connectivity index is 1.78. The van der Waals surface area contributed by atoms with Crippen molar-refractivity contribution in [3.63, 3.8) is 0 Å². The Morgan fingerprint density at radius 1 is 1.33 bits per heavy atom. The normalized spacial score (nSPS) is 26.0. The lowest BCUT2D eigenvalue weighted by Crippen LogP contribution is -2.64. The molecule has 1 unspecified atom stereocenters. The van der Waals surface area contributed by atoms with Crippen LogP contribution in [0.4, 0.5) is 4.39 Å². The first kappa shape index (κ1) is 14.9. The van der Waals surface area contributed by atoms with Crippen molar-refractivity contribution in [1.82, 2.24) is 15.2 Å². The van der Waals surface area contributed by atoms with Crippen molar-refractivity contribution >= 4 is 0 Å². The molecule has 3 rings (SSSR count). The smallest absolute Gasteiger partial charge is 0.141 e. The van der Waals surface area contributed by atoms with Crippen LogP contribution in [-0.2, 0) is 6.54 Å². The number of nitrogens with one attached hydrogen (secondary N) is 1. The SMILES string of the molecule is CCC1(CC)CNC(C2CC2)CN1Cc1cncc(F)c1. The van der Waals surface area contributed by atoms with Crippen LogP contribution in [0.1, 0.15) is 45.1 Å². The Morgan fingerprint density at radius 2 is 2.10 bits per heavy atom. The molecule has 0 spiro atoms.